The van der Waals surface area contributed by atoms with E-state index in [-0.39, 0.29) is 10.6 Å². The first kappa shape index (κ1) is 17.4. The maximum absolute atomic E-state index is 11.6. The molecule has 0 spiro atoms. The molecule has 2 aliphatic heterocycles. The molecule has 7 nitrogen and oxygen atoms in total. The molecule has 2 fully saturated rings. The van der Waals surface area contributed by atoms with E-state index in [1.807, 2.05) is 12.3 Å². The Bertz CT molecular complexity index is 675. The molecule has 0 saturated carbocycles. The first-order valence-corrected chi connectivity index (χ1v) is 8.72. The predicted molar refractivity (Wildman–Crippen MR) is 98.0 cm³/mol. The van der Waals surface area contributed by atoms with Gasteiger partial charge in [-0.15, -0.1) is 0 Å². The van der Waals surface area contributed by atoms with Crippen LogP contribution in [0.2, 0.25) is 0 Å². The zero-order valence-corrected chi connectivity index (χ0v) is 14.6. The van der Waals surface area contributed by atoms with E-state index in [9.17, 15) is 14.9 Å². The Labute approximate surface area is 147 Å². The van der Waals surface area contributed by atoms with Crippen molar-refractivity contribution in [3.8, 4) is 0 Å². The minimum atomic E-state index is -0.363. The Kier molecular flexibility index (Phi) is 5.33. The number of carbonyl (C=O) groups excluding carboxylic acids is 1. The molecule has 1 aromatic carbocycles. The van der Waals surface area contributed by atoms with Gasteiger partial charge in [-0.05, 0) is 38.2 Å². The lowest BCUT2D eigenvalue weighted by atomic mass is 10.0. The fourth-order valence-corrected chi connectivity index (χ4v) is 3.49. The Morgan fingerprint density at radius 2 is 1.76 bits per heavy atom. The van der Waals surface area contributed by atoms with Crippen molar-refractivity contribution in [1.82, 2.24) is 9.80 Å². The van der Waals surface area contributed by atoms with Gasteiger partial charge in [0.05, 0.1) is 16.2 Å². The predicted octanol–water partition coefficient (Wildman–Crippen LogP) is 2.23. The summed E-state index contributed by atoms with van der Waals surface area (Å²) in [7, 11) is 2.06. The first-order valence-electron chi connectivity index (χ1n) is 8.72. The van der Waals surface area contributed by atoms with Gasteiger partial charge in [-0.3, -0.25) is 14.9 Å². The van der Waals surface area contributed by atoms with Crippen molar-refractivity contribution in [3.63, 3.8) is 0 Å². The monoisotopic (exact) mass is 344 g/mol. The maximum atomic E-state index is 11.6. The molecular formula is C18H24N4O3. The number of aldehydes is 1. The summed E-state index contributed by atoms with van der Waals surface area (Å²) in [5.74, 6) is 0. The SMILES string of the molecule is CN1CCN(c2c(C=O)ccc([N+](=O)[O-])c2C=CN2CCCC2)CC1. The Morgan fingerprint density at radius 3 is 2.36 bits per heavy atom. The van der Waals surface area contributed by atoms with Crippen molar-refractivity contribution >= 4 is 23.7 Å². The molecule has 2 heterocycles. The van der Waals surface area contributed by atoms with Crippen LogP contribution in [-0.2, 0) is 0 Å². The largest absolute Gasteiger partial charge is 0.377 e. The number of rotatable bonds is 5. The number of nitro groups is 1. The van der Waals surface area contributed by atoms with Crippen LogP contribution < -0.4 is 4.90 Å². The molecule has 1 aromatic rings. The van der Waals surface area contributed by atoms with Gasteiger partial charge >= 0.3 is 0 Å². The molecule has 0 N–H and O–H groups in total. The average Bonchev–Trinajstić information content (AvgIpc) is 3.13. The summed E-state index contributed by atoms with van der Waals surface area (Å²) in [6.45, 7) is 5.20. The normalized spacial score (nSPS) is 18.9. The topological polar surface area (TPSA) is 69.9 Å². The van der Waals surface area contributed by atoms with E-state index >= 15 is 0 Å². The lowest BCUT2D eigenvalue weighted by molar-refractivity contribution is -0.385. The van der Waals surface area contributed by atoms with Crippen LogP contribution in [0.5, 0.6) is 0 Å². The number of nitrogens with zero attached hydrogens (tertiary/aromatic N) is 4. The molecule has 0 aromatic heterocycles. The number of anilines is 1. The molecular weight excluding hydrogens is 320 g/mol. The van der Waals surface area contributed by atoms with Gasteiger partial charge in [0, 0.05) is 50.9 Å². The van der Waals surface area contributed by atoms with Gasteiger partial charge in [0.1, 0.15) is 0 Å². The molecule has 25 heavy (non-hydrogen) atoms. The summed E-state index contributed by atoms with van der Waals surface area (Å²) < 4.78 is 0. The van der Waals surface area contributed by atoms with Crippen LogP contribution in [0.25, 0.3) is 6.08 Å². The summed E-state index contributed by atoms with van der Waals surface area (Å²) in [5.41, 5.74) is 1.78. The summed E-state index contributed by atoms with van der Waals surface area (Å²) in [5, 5.41) is 11.5. The average molecular weight is 344 g/mol. The minimum Gasteiger partial charge on any atom is -0.377 e. The molecule has 3 rings (SSSR count). The number of piperazine rings is 1. The Morgan fingerprint density at radius 1 is 1.08 bits per heavy atom. The summed E-state index contributed by atoms with van der Waals surface area (Å²) >= 11 is 0. The highest BCUT2D eigenvalue weighted by Crippen LogP contribution is 2.34. The van der Waals surface area contributed by atoms with Crippen molar-refractivity contribution in [1.29, 1.82) is 0 Å². The fourth-order valence-electron chi connectivity index (χ4n) is 3.49. The second-order valence-electron chi connectivity index (χ2n) is 6.66. The molecule has 0 bridgehead atoms. The van der Waals surface area contributed by atoms with Gasteiger partial charge in [-0.1, -0.05) is 0 Å². The lowest BCUT2D eigenvalue weighted by Gasteiger charge is -2.35. The number of hydrogen-bond acceptors (Lipinski definition) is 6. The van der Waals surface area contributed by atoms with Crippen molar-refractivity contribution in [2.24, 2.45) is 0 Å². The third-order valence-corrected chi connectivity index (χ3v) is 4.96. The molecule has 0 amide bonds. The van der Waals surface area contributed by atoms with Crippen LogP contribution in [-0.4, -0.2) is 67.3 Å². The standard InChI is InChI=1S/C18H24N4O3/c1-19-10-12-21(13-11-19)18-15(14-23)4-5-17(22(24)25)16(18)6-9-20-7-2-3-8-20/h4-6,9,14H,2-3,7-8,10-13H2,1H3. The zero-order chi connectivity index (χ0) is 17.8. The van der Waals surface area contributed by atoms with E-state index in [0.717, 1.165) is 58.4 Å². The number of likely N-dealkylation sites (tertiary alicyclic amines) is 1. The quantitative estimate of drug-likeness (QED) is 0.463. The fraction of sp³-hybridized carbons (Fsp3) is 0.500. The number of hydrogen-bond donors (Lipinski definition) is 0. The van der Waals surface area contributed by atoms with E-state index in [1.165, 1.54) is 6.07 Å². The van der Waals surface area contributed by atoms with Crippen molar-refractivity contribution in [2.75, 3.05) is 51.2 Å². The molecule has 134 valence electrons. The van der Waals surface area contributed by atoms with Crippen LogP contribution in [0.1, 0.15) is 28.8 Å². The van der Waals surface area contributed by atoms with E-state index in [1.54, 1.807) is 6.07 Å². The molecule has 0 radical (unpaired) electrons. The van der Waals surface area contributed by atoms with Crippen LogP contribution >= 0.6 is 0 Å². The van der Waals surface area contributed by atoms with Gasteiger partial charge in [0.25, 0.3) is 5.69 Å². The molecule has 2 saturated heterocycles. The number of nitro benzene ring substituents is 1. The van der Waals surface area contributed by atoms with E-state index in [4.69, 9.17) is 0 Å². The lowest BCUT2D eigenvalue weighted by Crippen LogP contribution is -2.45. The number of benzene rings is 1. The Balaban J connectivity index is 2.03. The van der Waals surface area contributed by atoms with E-state index in [2.05, 4.69) is 21.7 Å². The van der Waals surface area contributed by atoms with E-state index < -0.39 is 0 Å². The first-order chi connectivity index (χ1) is 12.1. The van der Waals surface area contributed by atoms with Crippen molar-refractivity contribution in [3.05, 3.63) is 39.6 Å². The summed E-state index contributed by atoms with van der Waals surface area (Å²) in [6, 6.07) is 3.00. The van der Waals surface area contributed by atoms with Crippen LogP contribution in [0.15, 0.2) is 18.3 Å². The van der Waals surface area contributed by atoms with Gasteiger partial charge in [-0.25, -0.2) is 0 Å². The van der Waals surface area contributed by atoms with Crippen LogP contribution in [0.4, 0.5) is 11.4 Å². The number of carbonyl (C=O) groups is 1. The smallest absolute Gasteiger partial charge is 0.278 e. The zero-order valence-electron chi connectivity index (χ0n) is 14.6. The number of likely N-dealkylation sites (N-methyl/N-ethyl adjacent to an activating group) is 1. The molecule has 0 aliphatic carbocycles. The highest BCUT2D eigenvalue weighted by atomic mass is 16.6. The second-order valence-corrected chi connectivity index (χ2v) is 6.66. The minimum absolute atomic E-state index is 0.0509. The summed E-state index contributed by atoms with van der Waals surface area (Å²) in [6.07, 6.45) is 6.83. The third-order valence-electron chi connectivity index (χ3n) is 4.96. The maximum Gasteiger partial charge on any atom is 0.278 e. The van der Waals surface area contributed by atoms with Crippen molar-refractivity contribution < 1.29 is 9.72 Å². The van der Waals surface area contributed by atoms with E-state index in [0.29, 0.717) is 16.8 Å². The van der Waals surface area contributed by atoms with Crippen molar-refractivity contribution in [2.45, 2.75) is 12.8 Å². The highest BCUT2D eigenvalue weighted by molar-refractivity contribution is 5.91. The second kappa shape index (κ2) is 7.65. The molecule has 0 atom stereocenters. The highest BCUT2D eigenvalue weighted by Gasteiger charge is 2.25. The van der Waals surface area contributed by atoms with Crippen LogP contribution in [0.3, 0.4) is 0 Å². The van der Waals surface area contributed by atoms with Crippen LogP contribution in [0, 0.1) is 10.1 Å². The molecule has 0 unspecified atom stereocenters. The molecule has 7 heteroatoms. The molecule has 2 aliphatic rings. The van der Waals surface area contributed by atoms with Gasteiger partial charge < -0.3 is 14.7 Å². The third kappa shape index (κ3) is 3.82. The van der Waals surface area contributed by atoms with Gasteiger partial charge in [0.2, 0.25) is 0 Å². The Hall–Kier alpha value is -2.41. The summed E-state index contributed by atoms with van der Waals surface area (Å²) in [4.78, 5) is 29.3. The van der Waals surface area contributed by atoms with Gasteiger partial charge in [-0.2, -0.15) is 0 Å². The van der Waals surface area contributed by atoms with Gasteiger partial charge in [0.15, 0.2) is 6.29 Å².